The van der Waals surface area contributed by atoms with Gasteiger partial charge in [-0.05, 0) is 49.1 Å². The number of benzene rings is 1. The van der Waals surface area contributed by atoms with Crippen LogP contribution in [0.25, 0.3) is 0 Å². The number of aromatic nitrogens is 4. The standard InChI is InChI=1S/C17H22F2N6O2/c1-23(2)17(16-20-21-22-25(16)8-9-27-3)6-7-24(11-17)15(26)12-4-5-13(18)14(19)10-12/h4-5,10H,6-9,11H2,1-3H3. The zero-order valence-corrected chi connectivity index (χ0v) is 15.5. The van der Waals surface area contributed by atoms with E-state index >= 15 is 0 Å². The van der Waals surface area contributed by atoms with Gasteiger partial charge in [-0.3, -0.25) is 9.69 Å². The molecule has 1 aromatic heterocycles. The van der Waals surface area contributed by atoms with Gasteiger partial charge in [0, 0.05) is 25.8 Å². The van der Waals surface area contributed by atoms with E-state index in [1.165, 1.54) is 6.07 Å². The normalized spacial score (nSPS) is 19.9. The van der Waals surface area contributed by atoms with E-state index in [-0.39, 0.29) is 11.5 Å². The number of likely N-dealkylation sites (tertiary alicyclic amines) is 1. The number of carbonyl (C=O) groups excluding carboxylic acids is 1. The molecule has 27 heavy (non-hydrogen) atoms. The molecule has 1 saturated heterocycles. The number of hydrogen-bond acceptors (Lipinski definition) is 6. The number of amides is 1. The first-order valence-corrected chi connectivity index (χ1v) is 8.56. The Morgan fingerprint density at radius 1 is 1.33 bits per heavy atom. The molecule has 0 aliphatic carbocycles. The van der Waals surface area contributed by atoms with Crippen molar-refractivity contribution < 1.29 is 18.3 Å². The number of nitrogens with zero attached hydrogens (tertiary/aromatic N) is 6. The minimum absolute atomic E-state index is 0.113. The molecule has 0 bridgehead atoms. The lowest BCUT2D eigenvalue weighted by Gasteiger charge is -2.34. The Kier molecular flexibility index (Phi) is 5.47. The smallest absolute Gasteiger partial charge is 0.254 e. The Hall–Kier alpha value is -2.46. The minimum atomic E-state index is -1.04. The molecule has 3 rings (SSSR count). The van der Waals surface area contributed by atoms with Gasteiger partial charge in [0.1, 0.15) is 5.54 Å². The molecule has 1 aromatic carbocycles. The summed E-state index contributed by atoms with van der Waals surface area (Å²) in [5.41, 5.74) is -0.465. The topological polar surface area (TPSA) is 76.4 Å². The molecule has 0 N–H and O–H groups in total. The highest BCUT2D eigenvalue weighted by atomic mass is 19.2. The minimum Gasteiger partial charge on any atom is -0.383 e. The number of carbonyl (C=O) groups is 1. The van der Waals surface area contributed by atoms with Crippen molar-refractivity contribution in [3.63, 3.8) is 0 Å². The molecule has 1 amide bonds. The van der Waals surface area contributed by atoms with Crippen LogP contribution in [0.4, 0.5) is 8.78 Å². The average Bonchev–Trinajstić information content (AvgIpc) is 3.29. The number of ether oxygens (including phenoxy) is 1. The van der Waals surface area contributed by atoms with E-state index in [0.29, 0.717) is 38.5 Å². The van der Waals surface area contributed by atoms with E-state index in [2.05, 4.69) is 15.5 Å². The highest BCUT2D eigenvalue weighted by molar-refractivity contribution is 5.94. The fraction of sp³-hybridized carbons (Fsp3) is 0.529. The van der Waals surface area contributed by atoms with Crippen molar-refractivity contribution in [1.82, 2.24) is 30.0 Å². The number of hydrogen-bond donors (Lipinski definition) is 0. The van der Waals surface area contributed by atoms with E-state index in [0.717, 1.165) is 12.1 Å². The van der Waals surface area contributed by atoms with Gasteiger partial charge in [-0.15, -0.1) is 5.10 Å². The van der Waals surface area contributed by atoms with Crippen molar-refractivity contribution in [2.45, 2.75) is 18.5 Å². The van der Waals surface area contributed by atoms with Crippen LogP contribution in [0.2, 0.25) is 0 Å². The van der Waals surface area contributed by atoms with Crippen LogP contribution < -0.4 is 0 Å². The molecule has 8 nitrogen and oxygen atoms in total. The molecule has 2 heterocycles. The molecule has 1 unspecified atom stereocenters. The monoisotopic (exact) mass is 380 g/mol. The Balaban J connectivity index is 1.86. The van der Waals surface area contributed by atoms with Gasteiger partial charge in [-0.2, -0.15) is 0 Å². The van der Waals surface area contributed by atoms with Gasteiger partial charge in [-0.1, -0.05) is 0 Å². The van der Waals surface area contributed by atoms with Crippen molar-refractivity contribution in [3.05, 3.63) is 41.2 Å². The Morgan fingerprint density at radius 3 is 2.78 bits per heavy atom. The second-order valence-electron chi connectivity index (χ2n) is 6.75. The van der Waals surface area contributed by atoms with E-state index in [9.17, 15) is 13.6 Å². The lowest BCUT2D eigenvalue weighted by Crippen LogP contribution is -2.47. The maximum atomic E-state index is 13.5. The average molecular weight is 380 g/mol. The second kappa shape index (κ2) is 7.65. The summed E-state index contributed by atoms with van der Waals surface area (Å²) in [6.07, 6.45) is 0.614. The third-order valence-corrected chi connectivity index (χ3v) is 5.01. The van der Waals surface area contributed by atoms with Crippen LogP contribution in [0.5, 0.6) is 0 Å². The van der Waals surface area contributed by atoms with Gasteiger partial charge in [0.05, 0.1) is 13.2 Å². The number of rotatable bonds is 6. The van der Waals surface area contributed by atoms with E-state index < -0.39 is 17.2 Å². The number of methoxy groups -OCH3 is 1. The van der Waals surface area contributed by atoms with Gasteiger partial charge < -0.3 is 9.64 Å². The van der Waals surface area contributed by atoms with Crippen molar-refractivity contribution in [1.29, 1.82) is 0 Å². The molecule has 1 aliphatic rings. The van der Waals surface area contributed by atoms with E-state index in [1.807, 2.05) is 19.0 Å². The van der Waals surface area contributed by atoms with Crippen LogP contribution in [-0.2, 0) is 16.8 Å². The predicted molar refractivity (Wildman–Crippen MR) is 91.9 cm³/mol. The van der Waals surface area contributed by atoms with Crippen molar-refractivity contribution in [2.75, 3.05) is 40.9 Å². The van der Waals surface area contributed by atoms with Crippen LogP contribution in [0.3, 0.4) is 0 Å². The maximum absolute atomic E-state index is 13.5. The predicted octanol–water partition coefficient (Wildman–Crippen LogP) is 0.901. The van der Waals surface area contributed by atoms with Crippen molar-refractivity contribution in [2.24, 2.45) is 0 Å². The summed E-state index contributed by atoms with van der Waals surface area (Å²) >= 11 is 0. The zero-order chi connectivity index (χ0) is 19.6. The third kappa shape index (κ3) is 3.54. The molecule has 0 saturated carbocycles. The molecule has 2 aromatic rings. The fourth-order valence-corrected chi connectivity index (χ4v) is 3.39. The molecule has 0 radical (unpaired) electrons. The highest BCUT2D eigenvalue weighted by Crippen LogP contribution is 2.35. The summed E-state index contributed by atoms with van der Waals surface area (Å²) < 4.78 is 33.4. The quantitative estimate of drug-likeness (QED) is 0.741. The van der Waals surface area contributed by atoms with Gasteiger partial charge in [0.2, 0.25) is 0 Å². The lowest BCUT2D eigenvalue weighted by atomic mass is 9.96. The summed E-state index contributed by atoms with van der Waals surface area (Å²) in [4.78, 5) is 16.4. The molecular weight excluding hydrogens is 358 g/mol. The van der Waals surface area contributed by atoms with Gasteiger partial charge in [-0.25, -0.2) is 13.5 Å². The third-order valence-electron chi connectivity index (χ3n) is 5.01. The Labute approximate surface area is 155 Å². The van der Waals surface area contributed by atoms with Crippen LogP contribution in [0.1, 0.15) is 22.6 Å². The summed E-state index contributed by atoms with van der Waals surface area (Å²) in [5, 5.41) is 12.0. The Morgan fingerprint density at radius 2 is 2.11 bits per heavy atom. The van der Waals surface area contributed by atoms with Gasteiger partial charge >= 0.3 is 0 Å². The summed E-state index contributed by atoms with van der Waals surface area (Å²) in [6.45, 7) is 1.74. The molecule has 10 heteroatoms. The highest BCUT2D eigenvalue weighted by Gasteiger charge is 2.47. The first-order valence-electron chi connectivity index (χ1n) is 8.56. The molecule has 1 fully saturated rings. The summed E-state index contributed by atoms with van der Waals surface area (Å²) in [7, 11) is 5.41. The molecular formula is C17H22F2N6O2. The van der Waals surface area contributed by atoms with E-state index in [4.69, 9.17) is 4.74 Å². The molecule has 0 spiro atoms. The first-order chi connectivity index (χ1) is 12.9. The van der Waals surface area contributed by atoms with Gasteiger partial charge in [0.15, 0.2) is 17.5 Å². The second-order valence-corrected chi connectivity index (χ2v) is 6.75. The van der Waals surface area contributed by atoms with Crippen LogP contribution in [0, 0.1) is 11.6 Å². The number of halogens is 2. The van der Waals surface area contributed by atoms with Crippen LogP contribution in [0.15, 0.2) is 18.2 Å². The molecule has 146 valence electrons. The van der Waals surface area contributed by atoms with Crippen LogP contribution in [-0.4, -0.2) is 76.8 Å². The fourth-order valence-electron chi connectivity index (χ4n) is 3.39. The number of tetrazole rings is 1. The van der Waals surface area contributed by atoms with Crippen molar-refractivity contribution >= 4 is 5.91 Å². The van der Waals surface area contributed by atoms with Crippen LogP contribution >= 0.6 is 0 Å². The molecule has 1 atom stereocenters. The van der Waals surface area contributed by atoms with Gasteiger partial charge in [0.25, 0.3) is 5.91 Å². The van der Waals surface area contributed by atoms with Crippen molar-refractivity contribution in [3.8, 4) is 0 Å². The summed E-state index contributed by atoms with van der Waals surface area (Å²) in [5.74, 6) is -1.73. The zero-order valence-electron chi connectivity index (χ0n) is 15.5. The maximum Gasteiger partial charge on any atom is 0.254 e. The lowest BCUT2D eigenvalue weighted by molar-refractivity contribution is 0.0736. The first kappa shape index (κ1) is 19.3. The largest absolute Gasteiger partial charge is 0.383 e. The molecule has 1 aliphatic heterocycles. The Bertz CT molecular complexity index is 828. The summed E-state index contributed by atoms with van der Waals surface area (Å²) in [6, 6.07) is 3.18. The number of likely N-dealkylation sites (N-methyl/N-ethyl adjacent to an activating group) is 1. The van der Waals surface area contributed by atoms with E-state index in [1.54, 1.807) is 16.7 Å². The SMILES string of the molecule is COCCn1nnnc1C1(N(C)C)CCN(C(=O)c2ccc(F)c(F)c2)C1.